The Morgan fingerprint density at radius 1 is 1.18 bits per heavy atom. The molecule has 4 aliphatic carbocycles. The van der Waals surface area contributed by atoms with Gasteiger partial charge in [0.2, 0.25) is 0 Å². The number of carbonyl (C=O) groups is 1. The Bertz CT molecular complexity index is 690. The van der Waals surface area contributed by atoms with Crippen LogP contribution in [-0.4, -0.2) is 23.8 Å². The van der Waals surface area contributed by atoms with Crippen LogP contribution in [0.2, 0.25) is 0 Å². The first-order valence-corrected chi connectivity index (χ1v) is 11.4. The fourth-order valence-electron chi connectivity index (χ4n) is 7.75. The molecule has 4 rings (SSSR count). The monoisotopic (exact) mass is 386 g/mol. The number of methoxy groups -OCH3 is 1. The molecule has 1 N–H and O–H groups in total. The fraction of sp³-hybridized carbons (Fsp3) is 0.800. The predicted molar refractivity (Wildman–Crippen MR) is 112 cm³/mol. The third kappa shape index (κ3) is 3.18. The highest BCUT2D eigenvalue weighted by molar-refractivity contribution is 5.81. The molecule has 3 nitrogen and oxygen atoms in total. The summed E-state index contributed by atoms with van der Waals surface area (Å²) in [6.07, 6.45) is 16.5. The third-order valence-electron chi connectivity index (χ3n) is 9.49. The molecule has 0 spiro atoms. The molecule has 1 unspecified atom stereocenters. The van der Waals surface area contributed by atoms with E-state index in [4.69, 9.17) is 4.74 Å². The predicted octanol–water partition coefficient (Wildman–Crippen LogP) is 5.44. The quantitative estimate of drug-likeness (QED) is 0.399. The van der Waals surface area contributed by atoms with Gasteiger partial charge in [0.25, 0.3) is 0 Å². The molecule has 28 heavy (non-hydrogen) atoms. The zero-order valence-corrected chi connectivity index (χ0v) is 18.2. The minimum Gasteiger partial charge on any atom is -0.466 e. The Morgan fingerprint density at radius 2 is 1.96 bits per heavy atom. The smallest absolute Gasteiger partial charge is 0.330 e. The van der Waals surface area contributed by atoms with Crippen LogP contribution in [0.25, 0.3) is 0 Å². The van der Waals surface area contributed by atoms with Crippen LogP contribution in [0.5, 0.6) is 0 Å². The Kier molecular flexibility index (Phi) is 5.05. The van der Waals surface area contributed by atoms with E-state index in [1.54, 1.807) is 6.08 Å². The van der Waals surface area contributed by atoms with Gasteiger partial charge in [-0.15, -0.1) is 0 Å². The van der Waals surface area contributed by atoms with Crippen molar-refractivity contribution in [2.45, 2.75) is 84.2 Å². The van der Waals surface area contributed by atoms with Crippen molar-refractivity contribution < 1.29 is 14.6 Å². The van der Waals surface area contributed by atoms with E-state index in [2.05, 4.69) is 19.9 Å². The number of aliphatic hydroxyl groups is 1. The molecule has 0 bridgehead atoms. The molecule has 0 amide bonds. The molecule has 0 heterocycles. The Balaban J connectivity index is 1.50. The summed E-state index contributed by atoms with van der Waals surface area (Å²) in [7, 11) is 1.43. The summed E-state index contributed by atoms with van der Waals surface area (Å²) in [6.45, 7) is 7.08. The van der Waals surface area contributed by atoms with E-state index in [0.29, 0.717) is 16.7 Å². The van der Waals surface area contributed by atoms with Crippen LogP contribution in [0, 0.1) is 34.5 Å². The second-order valence-electron chi connectivity index (χ2n) is 10.9. The number of esters is 1. The van der Waals surface area contributed by atoms with E-state index in [9.17, 15) is 9.90 Å². The molecule has 4 aliphatic rings. The van der Waals surface area contributed by atoms with Crippen molar-refractivity contribution >= 4 is 5.97 Å². The lowest BCUT2D eigenvalue weighted by Crippen LogP contribution is -2.55. The number of fused-ring (bicyclic) bond motifs is 5. The molecule has 0 saturated heterocycles. The van der Waals surface area contributed by atoms with E-state index < -0.39 is 5.60 Å². The minimum atomic E-state index is -0.450. The van der Waals surface area contributed by atoms with Gasteiger partial charge in [-0.3, -0.25) is 0 Å². The molecule has 0 aromatic heterocycles. The first-order valence-electron chi connectivity index (χ1n) is 11.4. The maximum absolute atomic E-state index is 11.4. The van der Waals surface area contributed by atoms with Crippen molar-refractivity contribution in [1.29, 1.82) is 0 Å². The number of hydrogen-bond donors (Lipinski definition) is 1. The average Bonchev–Trinajstić information content (AvgIpc) is 2.98. The van der Waals surface area contributed by atoms with Crippen molar-refractivity contribution in [2.75, 3.05) is 7.11 Å². The summed E-state index contributed by atoms with van der Waals surface area (Å²) in [4.78, 5) is 11.4. The van der Waals surface area contributed by atoms with Gasteiger partial charge in [0.05, 0.1) is 12.7 Å². The largest absolute Gasteiger partial charge is 0.466 e. The summed E-state index contributed by atoms with van der Waals surface area (Å²) < 4.78 is 4.73. The Hall–Kier alpha value is -1.09. The van der Waals surface area contributed by atoms with Crippen LogP contribution in [0.4, 0.5) is 0 Å². The van der Waals surface area contributed by atoms with Gasteiger partial charge < -0.3 is 9.84 Å². The van der Waals surface area contributed by atoms with E-state index in [1.165, 1.54) is 51.2 Å². The molecular formula is C25H38O3. The maximum Gasteiger partial charge on any atom is 0.330 e. The van der Waals surface area contributed by atoms with Gasteiger partial charge in [-0.2, -0.15) is 0 Å². The Labute approximate surface area is 170 Å². The fourth-order valence-corrected chi connectivity index (χ4v) is 7.75. The van der Waals surface area contributed by atoms with Gasteiger partial charge in [-0.05, 0) is 99.2 Å². The topological polar surface area (TPSA) is 46.5 Å². The summed E-state index contributed by atoms with van der Waals surface area (Å²) in [6, 6.07) is 0. The minimum absolute atomic E-state index is 0.261. The lowest BCUT2D eigenvalue weighted by atomic mass is 9.44. The summed E-state index contributed by atoms with van der Waals surface area (Å²) in [5, 5.41) is 10.6. The standard InChI is InChI=1S/C25H38O3/c1-23(27)14-15-25(3)18(16-23)8-10-19-20-11-9-17(6-5-7-22(26)28-4)24(20,2)13-12-21(19)25/h5,7,9,18-21,27H,6,8,10-16H2,1-4H3/b7-5+/t18?,19-,20-,21-,23-,24+,25-/m0/s1. The lowest BCUT2D eigenvalue weighted by molar-refractivity contribution is -0.140. The summed E-state index contributed by atoms with van der Waals surface area (Å²) in [5.74, 6) is 2.83. The summed E-state index contributed by atoms with van der Waals surface area (Å²) in [5.41, 5.74) is 1.80. The van der Waals surface area contributed by atoms with Crippen LogP contribution in [0.15, 0.2) is 23.8 Å². The molecule has 0 aromatic carbocycles. The average molecular weight is 387 g/mol. The molecule has 3 fully saturated rings. The van der Waals surface area contributed by atoms with E-state index in [0.717, 1.165) is 37.0 Å². The molecular weight excluding hydrogens is 348 g/mol. The van der Waals surface area contributed by atoms with Gasteiger partial charge in [0.15, 0.2) is 0 Å². The molecule has 7 atom stereocenters. The summed E-state index contributed by atoms with van der Waals surface area (Å²) >= 11 is 0. The first kappa shape index (κ1) is 20.2. The Morgan fingerprint density at radius 3 is 2.71 bits per heavy atom. The van der Waals surface area contributed by atoms with Gasteiger partial charge in [0.1, 0.15) is 0 Å². The van der Waals surface area contributed by atoms with Crippen molar-refractivity contribution in [2.24, 2.45) is 34.5 Å². The molecule has 156 valence electrons. The van der Waals surface area contributed by atoms with Gasteiger partial charge >= 0.3 is 5.97 Å². The van der Waals surface area contributed by atoms with Crippen LogP contribution < -0.4 is 0 Å². The van der Waals surface area contributed by atoms with Gasteiger partial charge in [-0.1, -0.05) is 31.6 Å². The SMILES string of the molecule is COC(=O)/C=C/CC1=CC[C@H]2[C@@H]3CCC4C[C@@](C)(O)CC[C@]4(C)[C@H]3CC[C@]12C. The second-order valence-corrected chi connectivity index (χ2v) is 10.9. The number of carbonyl (C=O) groups excluding carboxylic acids is 1. The molecule has 3 heteroatoms. The molecule has 0 radical (unpaired) electrons. The number of rotatable bonds is 3. The zero-order valence-electron chi connectivity index (χ0n) is 18.2. The van der Waals surface area contributed by atoms with Crippen LogP contribution in [0.3, 0.4) is 0 Å². The zero-order chi connectivity index (χ0) is 20.2. The first-order chi connectivity index (χ1) is 13.2. The molecule has 0 aliphatic heterocycles. The van der Waals surface area contributed by atoms with Crippen molar-refractivity contribution in [3.05, 3.63) is 23.8 Å². The second kappa shape index (κ2) is 7.00. The van der Waals surface area contributed by atoms with Crippen molar-refractivity contribution in [1.82, 2.24) is 0 Å². The van der Waals surface area contributed by atoms with Gasteiger partial charge in [-0.25, -0.2) is 4.79 Å². The maximum atomic E-state index is 11.4. The van der Waals surface area contributed by atoms with Crippen molar-refractivity contribution in [3.8, 4) is 0 Å². The number of ether oxygens (including phenoxy) is 1. The lowest BCUT2D eigenvalue weighted by Gasteiger charge is -2.61. The van der Waals surface area contributed by atoms with E-state index in [1.807, 2.05) is 13.0 Å². The van der Waals surface area contributed by atoms with Crippen LogP contribution in [0.1, 0.15) is 78.6 Å². The van der Waals surface area contributed by atoms with Gasteiger partial charge in [0, 0.05) is 6.08 Å². The normalized spacial score (nSPS) is 47.8. The number of allylic oxidation sites excluding steroid dienone is 3. The highest BCUT2D eigenvalue weighted by atomic mass is 16.5. The van der Waals surface area contributed by atoms with Crippen molar-refractivity contribution in [3.63, 3.8) is 0 Å². The highest BCUT2D eigenvalue weighted by Gasteiger charge is 2.59. The van der Waals surface area contributed by atoms with E-state index in [-0.39, 0.29) is 5.97 Å². The highest BCUT2D eigenvalue weighted by Crippen LogP contribution is 2.67. The molecule has 0 aromatic rings. The van der Waals surface area contributed by atoms with Crippen LogP contribution >= 0.6 is 0 Å². The molecule has 3 saturated carbocycles. The number of hydrogen-bond acceptors (Lipinski definition) is 3. The van der Waals surface area contributed by atoms with E-state index >= 15 is 0 Å². The third-order valence-corrected chi connectivity index (χ3v) is 9.49. The van der Waals surface area contributed by atoms with Crippen LogP contribution in [-0.2, 0) is 9.53 Å².